The zero-order valence-electron chi connectivity index (χ0n) is 11.9. The molecule has 0 bridgehead atoms. The standard InChI is InChI=1S/C17H16N2O3/c18-16(20)15(11-13-7-3-1-4-8-13)19-17(21)22-12-14-9-5-2-6-10-14/h1-11H,12H2,(H2,18,20)(H,19,21)/b15-11-. The summed E-state index contributed by atoms with van der Waals surface area (Å²) in [7, 11) is 0. The minimum absolute atomic E-state index is 0.0238. The van der Waals surface area contributed by atoms with Gasteiger partial charge in [-0.3, -0.25) is 10.1 Å². The number of hydrogen-bond acceptors (Lipinski definition) is 3. The van der Waals surface area contributed by atoms with Crippen molar-refractivity contribution in [2.24, 2.45) is 5.73 Å². The van der Waals surface area contributed by atoms with Gasteiger partial charge in [0.25, 0.3) is 5.91 Å². The molecule has 0 saturated carbocycles. The Kier molecular flexibility index (Phi) is 5.31. The average molecular weight is 296 g/mol. The van der Waals surface area contributed by atoms with Crippen LogP contribution < -0.4 is 11.1 Å². The van der Waals surface area contributed by atoms with Gasteiger partial charge in [-0.25, -0.2) is 4.79 Å². The van der Waals surface area contributed by atoms with Crippen LogP contribution in [0.2, 0.25) is 0 Å². The predicted molar refractivity (Wildman–Crippen MR) is 83.4 cm³/mol. The second kappa shape index (κ2) is 7.64. The van der Waals surface area contributed by atoms with Gasteiger partial charge in [-0.2, -0.15) is 0 Å². The van der Waals surface area contributed by atoms with E-state index < -0.39 is 12.0 Å². The lowest BCUT2D eigenvalue weighted by atomic mass is 10.2. The highest BCUT2D eigenvalue weighted by molar-refractivity contribution is 5.99. The number of benzene rings is 2. The number of carbonyl (C=O) groups is 2. The van der Waals surface area contributed by atoms with Crippen LogP contribution in [0.1, 0.15) is 11.1 Å². The normalized spacial score (nSPS) is 10.8. The molecule has 5 nitrogen and oxygen atoms in total. The van der Waals surface area contributed by atoms with Crippen LogP contribution in [-0.4, -0.2) is 12.0 Å². The van der Waals surface area contributed by atoms with Crippen LogP contribution in [0.25, 0.3) is 6.08 Å². The molecule has 0 saturated heterocycles. The second-order valence-electron chi connectivity index (χ2n) is 4.52. The number of amides is 2. The zero-order valence-corrected chi connectivity index (χ0v) is 11.9. The summed E-state index contributed by atoms with van der Waals surface area (Å²) in [4.78, 5) is 23.1. The van der Waals surface area contributed by atoms with E-state index >= 15 is 0 Å². The smallest absolute Gasteiger partial charge is 0.412 e. The molecule has 0 heterocycles. The number of rotatable bonds is 5. The molecule has 0 atom stereocenters. The lowest BCUT2D eigenvalue weighted by Gasteiger charge is -2.08. The number of alkyl carbamates (subject to hydrolysis) is 1. The molecule has 0 aliphatic rings. The van der Waals surface area contributed by atoms with Crippen LogP contribution in [0.15, 0.2) is 66.4 Å². The molecule has 0 aliphatic heterocycles. The van der Waals surface area contributed by atoms with Crippen LogP contribution in [0.4, 0.5) is 4.79 Å². The Morgan fingerprint density at radius 1 is 1.00 bits per heavy atom. The van der Waals surface area contributed by atoms with Crippen LogP contribution in [0, 0.1) is 0 Å². The van der Waals surface area contributed by atoms with Crippen molar-refractivity contribution in [2.75, 3.05) is 0 Å². The second-order valence-corrected chi connectivity index (χ2v) is 4.52. The molecule has 5 heteroatoms. The molecule has 22 heavy (non-hydrogen) atoms. The maximum Gasteiger partial charge on any atom is 0.412 e. The lowest BCUT2D eigenvalue weighted by Crippen LogP contribution is -2.31. The first-order valence-electron chi connectivity index (χ1n) is 6.69. The Morgan fingerprint density at radius 3 is 2.18 bits per heavy atom. The molecular weight excluding hydrogens is 280 g/mol. The van der Waals surface area contributed by atoms with E-state index in [1.807, 2.05) is 48.5 Å². The van der Waals surface area contributed by atoms with Crippen LogP contribution in [-0.2, 0) is 16.1 Å². The first-order valence-corrected chi connectivity index (χ1v) is 6.69. The molecule has 112 valence electrons. The van der Waals surface area contributed by atoms with Crippen molar-refractivity contribution < 1.29 is 14.3 Å². The zero-order chi connectivity index (χ0) is 15.8. The highest BCUT2D eigenvalue weighted by Crippen LogP contribution is 2.05. The van der Waals surface area contributed by atoms with Gasteiger partial charge in [0.05, 0.1) is 0 Å². The number of nitrogens with two attached hydrogens (primary N) is 1. The third-order valence-corrected chi connectivity index (χ3v) is 2.83. The van der Waals surface area contributed by atoms with Crippen molar-refractivity contribution >= 4 is 18.1 Å². The minimum atomic E-state index is -0.736. The van der Waals surface area contributed by atoms with E-state index in [4.69, 9.17) is 10.5 Å². The van der Waals surface area contributed by atoms with E-state index in [1.165, 1.54) is 6.08 Å². The molecule has 0 aromatic heterocycles. The minimum Gasteiger partial charge on any atom is -0.444 e. The van der Waals surface area contributed by atoms with Crippen molar-refractivity contribution in [2.45, 2.75) is 6.61 Å². The molecule has 2 aromatic rings. The first kappa shape index (κ1) is 15.3. The number of primary amides is 1. The van der Waals surface area contributed by atoms with Gasteiger partial charge >= 0.3 is 6.09 Å². The monoisotopic (exact) mass is 296 g/mol. The molecule has 0 radical (unpaired) electrons. The Balaban J connectivity index is 1.98. The van der Waals surface area contributed by atoms with Crippen molar-refractivity contribution in [3.63, 3.8) is 0 Å². The van der Waals surface area contributed by atoms with Crippen LogP contribution >= 0.6 is 0 Å². The maximum absolute atomic E-state index is 11.7. The van der Waals surface area contributed by atoms with E-state index in [1.54, 1.807) is 12.1 Å². The Labute approximate surface area is 128 Å². The van der Waals surface area contributed by atoms with Gasteiger partial charge in [-0.15, -0.1) is 0 Å². The van der Waals surface area contributed by atoms with E-state index in [9.17, 15) is 9.59 Å². The fourth-order valence-corrected chi connectivity index (χ4v) is 1.75. The summed E-state index contributed by atoms with van der Waals surface area (Å²) in [5.41, 5.74) is 6.84. The molecule has 0 fully saturated rings. The quantitative estimate of drug-likeness (QED) is 0.831. The van der Waals surface area contributed by atoms with Gasteiger partial charge < -0.3 is 10.5 Å². The van der Waals surface area contributed by atoms with Crippen molar-refractivity contribution in [1.82, 2.24) is 5.32 Å². The summed E-state index contributed by atoms with van der Waals surface area (Å²) in [5.74, 6) is -0.736. The van der Waals surface area contributed by atoms with Crippen molar-refractivity contribution in [1.29, 1.82) is 0 Å². The first-order chi connectivity index (χ1) is 10.6. The summed E-state index contributed by atoms with van der Waals surface area (Å²) in [5, 5.41) is 2.36. The Hall–Kier alpha value is -3.08. The van der Waals surface area contributed by atoms with E-state index in [0.717, 1.165) is 11.1 Å². The highest BCUT2D eigenvalue weighted by atomic mass is 16.5. The summed E-state index contributed by atoms with van der Waals surface area (Å²) in [6.45, 7) is 0.115. The predicted octanol–water partition coefficient (Wildman–Crippen LogP) is 2.44. The van der Waals surface area contributed by atoms with Gasteiger partial charge in [-0.05, 0) is 17.2 Å². The largest absolute Gasteiger partial charge is 0.444 e. The van der Waals surface area contributed by atoms with E-state index in [2.05, 4.69) is 5.32 Å². The molecule has 3 N–H and O–H groups in total. The molecule has 0 spiro atoms. The average Bonchev–Trinajstić information content (AvgIpc) is 2.54. The summed E-state index contributed by atoms with van der Waals surface area (Å²) in [6.07, 6.45) is 0.761. The van der Waals surface area contributed by atoms with Crippen LogP contribution in [0.3, 0.4) is 0 Å². The number of hydrogen-bond donors (Lipinski definition) is 2. The van der Waals surface area contributed by atoms with Gasteiger partial charge in [0.1, 0.15) is 12.3 Å². The van der Waals surface area contributed by atoms with Crippen LogP contribution in [0.5, 0.6) is 0 Å². The molecule has 2 aromatic carbocycles. The van der Waals surface area contributed by atoms with Crippen molar-refractivity contribution in [3.05, 3.63) is 77.5 Å². The summed E-state index contributed by atoms with van der Waals surface area (Å²) in [6, 6.07) is 18.3. The summed E-state index contributed by atoms with van der Waals surface area (Å²) >= 11 is 0. The highest BCUT2D eigenvalue weighted by Gasteiger charge is 2.11. The fraction of sp³-hybridized carbons (Fsp3) is 0.0588. The molecular formula is C17H16N2O3. The molecule has 2 amide bonds. The van der Waals surface area contributed by atoms with E-state index in [0.29, 0.717) is 0 Å². The third-order valence-electron chi connectivity index (χ3n) is 2.83. The van der Waals surface area contributed by atoms with Gasteiger partial charge in [0, 0.05) is 0 Å². The Bertz CT molecular complexity index is 667. The summed E-state index contributed by atoms with van der Waals surface area (Å²) < 4.78 is 5.05. The van der Waals surface area contributed by atoms with E-state index in [-0.39, 0.29) is 12.3 Å². The number of nitrogens with one attached hydrogen (secondary N) is 1. The number of ether oxygens (including phenoxy) is 1. The molecule has 2 rings (SSSR count). The van der Waals surface area contributed by atoms with Crippen molar-refractivity contribution in [3.8, 4) is 0 Å². The topological polar surface area (TPSA) is 81.4 Å². The van der Waals surface area contributed by atoms with Gasteiger partial charge in [0.2, 0.25) is 0 Å². The van der Waals surface area contributed by atoms with Gasteiger partial charge in [-0.1, -0.05) is 60.7 Å². The molecule has 0 aliphatic carbocycles. The molecule has 0 unspecified atom stereocenters. The fourth-order valence-electron chi connectivity index (χ4n) is 1.75. The Morgan fingerprint density at radius 2 is 1.59 bits per heavy atom. The number of carbonyl (C=O) groups excluding carboxylic acids is 2. The third kappa shape index (κ3) is 4.79. The lowest BCUT2D eigenvalue weighted by molar-refractivity contribution is -0.114. The van der Waals surface area contributed by atoms with Gasteiger partial charge in [0.15, 0.2) is 0 Å². The maximum atomic E-state index is 11.7. The SMILES string of the molecule is NC(=O)/C(=C/c1ccccc1)NC(=O)OCc1ccccc1.